The van der Waals surface area contributed by atoms with Crippen LogP contribution in [0, 0.1) is 11.8 Å². The van der Waals surface area contributed by atoms with Gasteiger partial charge in [-0.05, 0) is 219 Å². The van der Waals surface area contributed by atoms with Crippen molar-refractivity contribution in [2.24, 2.45) is 11.8 Å². The number of carbonyl (C=O) groups is 2. The molecule has 1 heterocycles. The molecule has 1 fully saturated rings. The van der Waals surface area contributed by atoms with Gasteiger partial charge in [0.05, 0.1) is 22.2 Å². The minimum Gasteiger partial charge on any atom is -0.543 e. The van der Waals surface area contributed by atoms with E-state index in [1.54, 1.807) is 37.3 Å². The zero-order valence-electron chi connectivity index (χ0n) is 70.3. The fraction of sp³-hybridized carbons (Fsp3) is 0.489. The molecule has 0 aromatic heterocycles. The Morgan fingerprint density at radius 3 is 1.50 bits per heavy atom. The Labute approximate surface area is 640 Å². The molecule has 6 aromatic carbocycles. The highest BCUT2D eigenvalue weighted by Gasteiger charge is 2.48. The van der Waals surface area contributed by atoms with Gasteiger partial charge in [-0.1, -0.05) is 231 Å². The third kappa shape index (κ3) is 21.9. The molecule has 0 radical (unpaired) electrons. The van der Waals surface area contributed by atoms with Gasteiger partial charge in [0, 0.05) is 46.9 Å². The van der Waals surface area contributed by atoms with E-state index in [1.165, 1.54) is 68.5 Å². The summed E-state index contributed by atoms with van der Waals surface area (Å²) in [4.78, 5) is 23.3. The highest BCUT2D eigenvalue weighted by molar-refractivity contribution is 6.82. The first-order valence-corrected chi connectivity index (χ1v) is 52.8. The minimum atomic E-state index is -1.93. The summed E-state index contributed by atoms with van der Waals surface area (Å²) in [6, 6.07) is 40.7. The van der Waals surface area contributed by atoms with E-state index in [2.05, 4.69) is 267 Å². The van der Waals surface area contributed by atoms with Gasteiger partial charge in [0.2, 0.25) is 0 Å². The number of aromatic hydroxyl groups is 1. The predicted molar refractivity (Wildman–Crippen MR) is 456 cm³/mol. The number of fused-ring (bicyclic) bond motifs is 5. The van der Waals surface area contributed by atoms with Crippen molar-refractivity contribution in [2.45, 2.75) is 253 Å². The molecule has 572 valence electrons. The van der Waals surface area contributed by atoms with Gasteiger partial charge in [0.15, 0.2) is 5.78 Å². The standard InChI is InChI=1S/C33H50O2Si3.C16H24O2Si.C16H24OSi.C10H10O2.C10H12O.C4H8O.CH3F/c1-23-22-27-26(17-15-19-29(27)35-38(12,13)33(5,6)7)31(23)36(8,9)30-21-20-24-25(30)16-14-18-28(24)34-37(10,11)32(2,3)4;1-11-10-12-8-7-9-13(14(12)15(11)17)18-19(5,6)16(2,3)4;1-12-10-13-8-7-9-15(14(13)11-12)17-18(5,6)16(2,3)4;1-8(2)10(11)12-9-6-4-3-5-7-9;1-7-5-8-3-2-4-10(11)9(8)6-7;1-2-4-5-3-1;1-2/h14-22,30-31H,1-13H3;7-9,11H,10H2,1-6H3;7-9,11H,10H2,1-6H3;3-7H,1H2,2H3;2-4,7,11H,5-6H2,1H3;1-4H2;1H3/i;;;;;;1D. The molecule has 1 N–H and O–H groups in total. The molecule has 5 aliphatic carbocycles. The number of rotatable bonds is 12. The molecule has 4 unspecified atom stereocenters. The van der Waals surface area contributed by atoms with Crippen LogP contribution in [0.25, 0.3) is 18.2 Å². The van der Waals surface area contributed by atoms with Crippen LogP contribution in [-0.2, 0) is 35.2 Å². The lowest BCUT2D eigenvalue weighted by molar-refractivity contribution is -0.130. The van der Waals surface area contributed by atoms with E-state index < -0.39 is 48.5 Å². The molecular weight excluding hydrogens is 1380 g/mol. The summed E-state index contributed by atoms with van der Waals surface area (Å²) < 4.78 is 51.9. The third-order valence-corrected chi connectivity index (χ3v) is 44.9. The first-order chi connectivity index (χ1) is 49.0. The zero-order valence-corrected chi connectivity index (χ0v) is 74.3. The third-order valence-electron chi connectivity index (χ3n) is 23.2. The highest BCUT2D eigenvalue weighted by atomic mass is 28.4. The Balaban J connectivity index is 0.000000218. The number of Topliss-reactive ketones (excluding diaryl/α,β-unsaturated/α-hetero) is 1. The lowest BCUT2D eigenvalue weighted by Crippen LogP contribution is -2.44. The van der Waals surface area contributed by atoms with Gasteiger partial charge in [-0.25, -0.2) is 4.79 Å². The Morgan fingerprint density at radius 1 is 0.562 bits per heavy atom. The average molecular weight is 1520 g/mol. The number of phenols is 1. The van der Waals surface area contributed by atoms with Gasteiger partial charge >= 0.3 is 5.97 Å². The van der Waals surface area contributed by atoms with Gasteiger partial charge in [-0.3, -0.25) is 9.18 Å². The molecule has 6 aromatic rings. The van der Waals surface area contributed by atoms with Crippen molar-refractivity contribution >= 4 is 71.3 Å². The van der Waals surface area contributed by atoms with Crippen LogP contribution in [0.2, 0.25) is 85.6 Å². The minimum absolute atomic E-state index is 0.0964. The maximum Gasteiger partial charge on any atom is 0.338 e. The van der Waals surface area contributed by atoms with E-state index in [0.717, 1.165) is 73.0 Å². The number of ether oxygens (including phenoxy) is 2. The Kier molecular flexibility index (Phi) is 28.7. The lowest BCUT2D eigenvalue weighted by Gasteiger charge is -2.39. The Morgan fingerprint density at radius 2 is 1.01 bits per heavy atom. The van der Waals surface area contributed by atoms with Crippen molar-refractivity contribution < 1.29 is 47.6 Å². The van der Waals surface area contributed by atoms with E-state index in [-0.39, 0.29) is 37.8 Å². The van der Waals surface area contributed by atoms with Crippen molar-refractivity contribution in [2.75, 3.05) is 20.4 Å². The highest BCUT2D eigenvalue weighted by Crippen LogP contribution is 2.54. The van der Waals surface area contributed by atoms with E-state index >= 15 is 0 Å². The number of carbonyl (C=O) groups excluding carboxylic acids is 2. The van der Waals surface area contributed by atoms with E-state index in [0.29, 0.717) is 34.1 Å². The van der Waals surface area contributed by atoms with Crippen molar-refractivity contribution in [3.05, 3.63) is 206 Å². The van der Waals surface area contributed by atoms with Gasteiger partial charge in [0.1, 0.15) is 34.5 Å². The number of allylic oxidation sites excluding steroid dienone is 3. The van der Waals surface area contributed by atoms with Gasteiger partial charge in [-0.15, -0.1) is 0 Å². The molecule has 15 heteroatoms. The number of hydrogen-bond donors (Lipinski definition) is 1. The quantitative estimate of drug-likeness (QED) is 0.0554. The monoisotopic (exact) mass is 1520 g/mol. The average Bonchev–Trinajstić information content (AvgIpc) is 1.55. The second-order valence-corrected chi connectivity index (χ2v) is 60.2. The van der Waals surface area contributed by atoms with Crippen LogP contribution in [0.4, 0.5) is 4.39 Å². The summed E-state index contributed by atoms with van der Waals surface area (Å²) in [6.45, 7) is 66.8. The summed E-state index contributed by atoms with van der Waals surface area (Å²) in [5.74, 6) is 5.71. The number of phenolic OH excluding ortho intramolecular Hbond substituents is 1. The zero-order chi connectivity index (χ0) is 79.5. The predicted octanol–water partition coefficient (Wildman–Crippen LogP) is 25.7. The molecule has 0 bridgehead atoms. The summed E-state index contributed by atoms with van der Waals surface area (Å²) in [5, 5.41) is 10.2. The van der Waals surface area contributed by atoms with Crippen LogP contribution >= 0.6 is 0 Å². The van der Waals surface area contributed by atoms with Crippen LogP contribution in [0.3, 0.4) is 0 Å². The van der Waals surface area contributed by atoms with Crippen molar-refractivity contribution in [1.82, 2.24) is 0 Å². The smallest absolute Gasteiger partial charge is 0.338 e. The van der Waals surface area contributed by atoms with E-state index in [1.807, 2.05) is 31.2 Å². The molecule has 4 atom stereocenters. The van der Waals surface area contributed by atoms with Crippen LogP contribution in [0.15, 0.2) is 151 Å². The molecule has 1 aliphatic heterocycles. The molecule has 0 spiro atoms. The summed E-state index contributed by atoms with van der Waals surface area (Å²) in [7, 11) is -10.4. The maximum atomic E-state index is 12.3. The number of alkyl halides is 1. The van der Waals surface area contributed by atoms with Crippen LogP contribution in [-0.4, -0.2) is 78.6 Å². The molecule has 105 heavy (non-hydrogen) atoms. The molecule has 0 saturated carbocycles. The largest absolute Gasteiger partial charge is 0.543 e. The molecule has 1 saturated heterocycles. The van der Waals surface area contributed by atoms with Gasteiger partial charge in [0.25, 0.3) is 33.3 Å². The fourth-order valence-electron chi connectivity index (χ4n) is 12.9. The Bertz CT molecular complexity index is 4090. The molecule has 6 aliphatic rings. The van der Waals surface area contributed by atoms with E-state index in [9.17, 15) is 19.1 Å². The summed E-state index contributed by atoms with van der Waals surface area (Å²) in [6.07, 6.45) is 16.2. The molecule has 0 amide bonds. The molecule has 9 nitrogen and oxygen atoms in total. The first-order valence-electron chi connectivity index (χ1n) is 38.7. The number of ketones is 1. The summed E-state index contributed by atoms with van der Waals surface area (Å²) in [5.41, 5.74) is 17.0. The van der Waals surface area contributed by atoms with Crippen LogP contribution < -0.4 is 22.4 Å². The fourth-order valence-corrected chi connectivity index (χ4v) is 21.4. The van der Waals surface area contributed by atoms with Gasteiger partial charge < -0.3 is 32.3 Å². The number of esters is 1. The normalized spacial score (nSPS) is 17.9. The Hall–Kier alpha value is -6.61. The second-order valence-electron chi connectivity index (χ2n) is 36.4. The van der Waals surface area contributed by atoms with E-state index in [4.69, 9.17) is 28.5 Å². The number of halogens is 1. The second kappa shape index (κ2) is 35.2. The van der Waals surface area contributed by atoms with Gasteiger partial charge in [-0.2, -0.15) is 0 Å². The SMILES string of the molecule is C1CCOC1.C=C(C)C(=O)Oc1ccccc1.CC1=Cc2c(O[Si](C)(C)C(C)(C)C)cccc2C1[Si](C)(C)C1C=Cc2c(O[Si](C)(C)C(C)(C)C)cccc21.CC1=Cc2c(cccc2O[Si](C)(C)C(C)(C)C)C1.CC1Cc2cccc(O)c2C1.CC1Cc2cccc(O[Si](C)(C)C(C)(C)C)c2C1=O.[2H]CF. The summed E-state index contributed by atoms with van der Waals surface area (Å²) >= 11 is 0. The number of para-hydroxylation sites is 1. The maximum absolute atomic E-state index is 12.3. The molecular formula is C90H131FO9Si5. The van der Waals surface area contributed by atoms with Crippen molar-refractivity contribution in [3.8, 4) is 34.5 Å². The molecule has 12 rings (SSSR count). The topological polar surface area (TPSA) is 110 Å². The number of benzene rings is 6. The number of hydrogen-bond acceptors (Lipinski definition) is 9. The van der Waals surface area contributed by atoms with Crippen molar-refractivity contribution in [1.29, 1.82) is 0 Å². The first kappa shape index (κ1) is 85.6. The van der Waals surface area contributed by atoms with Crippen LogP contribution in [0.5, 0.6) is 34.5 Å². The van der Waals surface area contributed by atoms with Crippen molar-refractivity contribution in [3.63, 3.8) is 0 Å². The van der Waals surface area contributed by atoms with Crippen LogP contribution in [0.1, 0.15) is 203 Å². The lowest BCUT2D eigenvalue weighted by atomic mass is 10.1.